The van der Waals surface area contributed by atoms with Gasteiger partial charge in [0.1, 0.15) is 5.78 Å². The number of hydrogen-bond donors (Lipinski definition) is 2. The number of pyridine rings is 2. The van der Waals surface area contributed by atoms with Crippen molar-refractivity contribution in [2.75, 3.05) is 19.9 Å². The highest BCUT2D eigenvalue weighted by Gasteiger charge is 2.64. The Balaban J connectivity index is 0.00000300. The van der Waals surface area contributed by atoms with E-state index in [0.717, 1.165) is 54.4 Å². The molecular weight excluding hydrogens is 570 g/mol. The number of halogens is 1. The second-order valence-electron chi connectivity index (χ2n) is 12.9. The van der Waals surface area contributed by atoms with Gasteiger partial charge in [0.2, 0.25) is 6.79 Å². The van der Waals surface area contributed by atoms with Crippen LogP contribution in [0.1, 0.15) is 80.5 Å². The summed E-state index contributed by atoms with van der Waals surface area (Å²) in [6, 6.07) is 5.90. The normalized spacial score (nSPS) is 25.0. The zero-order chi connectivity index (χ0) is 29.0. The quantitative estimate of drug-likeness (QED) is 0.336. The SMILES string of the molecule is CCC1(C(C)(C(=O)O)C2CCCNC2)C(=O)Cc2c1cc1n(c2=O)Cc2c-1nc1cc3c(cc1c2C1CCC1)OCO3.Cl. The lowest BCUT2D eigenvalue weighted by Gasteiger charge is -2.48. The Morgan fingerprint density at radius 1 is 1.14 bits per heavy atom. The van der Waals surface area contributed by atoms with Crippen LogP contribution in [0.5, 0.6) is 11.5 Å². The van der Waals surface area contributed by atoms with Gasteiger partial charge in [-0.15, -0.1) is 12.4 Å². The van der Waals surface area contributed by atoms with Crippen LogP contribution in [0.15, 0.2) is 23.0 Å². The van der Waals surface area contributed by atoms with Crippen LogP contribution in [0, 0.1) is 11.3 Å². The molecule has 1 aromatic carbocycles. The number of ketones is 1. The molecule has 43 heavy (non-hydrogen) atoms. The number of Topliss-reactive ketones (excluding diaryl/α,β-unsaturated/α-hetero) is 1. The topological polar surface area (TPSA) is 120 Å². The summed E-state index contributed by atoms with van der Waals surface area (Å²) in [5.41, 5.74) is 2.68. The first-order valence-corrected chi connectivity index (χ1v) is 15.3. The number of benzene rings is 1. The van der Waals surface area contributed by atoms with Crippen molar-refractivity contribution in [1.29, 1.82) is 0 Å². The predicted octanol–water partition coefficient (Wildman–Crippen LogP) is 4.71. The molecule has 1 saturated heterocycles. The van der Waals surface area contributed by atoms with Crippen molar-refractivity contribution in [3.05, 3.63) is 50.8 Å². The van der Waals surface area contributed by atoms with Crippen molar-refractivity contribution in [1.82, 2.24) is 14.9 Å². The Kier molecular flexibility index (Phi) is 6.45. The molecule has 3 aromatic rings. The Morgan fingerprint density at radius 3 is 2.56 bits per heavy atom. The number of nitrogens with one attached hydrogen (secondary N) is 1. The van der Waals surface area contributed by atoms with E-state index in [4.69, 9.17) is 14.5 Å². The van der Waals surface area contributed by atoms with Gasteiger partial charge in [0.05, 0.1) is 34.3 Å². The van der Waals surface area contributed by atoms with Gasteiger partial charge in [-0.1, -0.05) is 13.3 Å². The van der Waals surface area contributed by atoms with Crippen molar-refractivity contribution in [2.45, 2.75) is 76.7 Å². The maximum absolute atomic E-state index is 14.2. The molecule has 2 fully saturated rings. The van der Waals surface area contributed by atoms with E-state index in [1.54, 1.807) is 11.5 Å². The molecule has 10 heteroatoms. The van der Waals surface area contributed by atoms with E-state index in [-0.39, 0.29) is 42.9 Å². The molecule has 3 unspecified atom stereocenters. The molecule has 3 aliphatic heterocycles. The fourth-order valence-corrected chi connectivity index (χ4v) is 8.84. The van der Waals surface area contributed by atoms with Crippen molar-refractivity contribution in [2.24, 2.45) is 11.3 Å². The molecule has 1 saturated carbocycles. The molecule has 226 valence electrons. The van der Waals surface area contributed by atoms with Gasteiger partial charge in [0, 0.05) is 29.0 Å². The summed E-state index contributed by atoms with van der Waals surface area (Å²) in [5.74, 6) is 0.380. The van der Waals surface area contributed by atoms with Crippen LogP contribution in [-0.4, -0.2) is 46.3 Å². The molecule has 9 nitrogen and oxygen atoms in total. The summed E-state index contributed by atoms with van der Waals surface area (Å²) in [5, 5.41) is 15.2. The van der Waals surface area contributed by atoms with Crippen LogP contribution in [0.2, 0.25) is 0 Å². The number of piperidine rings is 1. The number of rotatable bonds is 5. The Bertz CT molecular complexity index is 1770. The summed E-state index contributed by atoms with van der Waals surface area (Å²) in [6.45, 7) is 5.59. The summed E-state index contributed by atoms with van der Waals surface area (Å²) in [4.78, 5) is 46.7. The third-order valence-electron chi connectivity index (χ3n) is 11.3. The number of aromatic nitrogens is 2. The third-order valence-corrected chi connectivity index (χ3v) is 11.3. The largest absolute Gasteiger partial charge is 0.481 e. The standard InChI is InChI=1S/C33H35N3O6.ClH/c1-3-33(32(2,31(39)40)18-8-5-9-34-14-18)22-12-24-29-21(15-36(24)30(38)19(22)11-27(33)37)28(17-6-4-7-17)20-10-25-26(42-16-41-25)13-23(20)35-29;/h10,12-13,17-18,34H,3-9,11,14-16H2,1-2H3,(H,39,40);1H. The molecule has 2 aliphatic carbocycles. The van der Waals surface area contributed by atoms with Gasteiger partial charge < -0.3 is 24.5 Å². The zero-order valence-corrected chi connectivity index (χ0v) is 25.3. The van der Waals surface area contributed by atoms with Gasteiger partial charge in [-0.3, -0.25) is 14.4 Å². The lowest BCUT2D eigenvalue weighted by Crippen LogP contribution is -2.59. The maximum Gasteiger partial charge on any atom is 0.311 e. The fraction of sp³-hybridized carbons (Fsp3) is 0.515. The first kappa shape index (κ1) is 28.3. The van der Waals surface area contributed by atoms with Crippen molar-refractivity contribution >= 4 is 35.1 Å². The summed E-state index contributed by atoms with van der Waals surface area (Å²) < 4.78 is 13.1. The van der Waals surface area contributed by atoms with E-state index in [2.05, 4.69) is 5.32 Å². The van der Waals surface area contributed by atoms with Crippen LogP contribution in [-0.2, 0) is 28.0 Å². The minimum Gasteiger partial charge on any atom is -0.481 e. The highest BCUT2D eigenvalue weighted by molar-refractivity contribution is 6.02. The fourth-order valence-electron chi connectivity index (χ4n) is 8.84. The summed E-state index contributed by atoms with van der Waals surface area (Å²) >= 11 is 0. The lowest BCUT2D eigenvalue weighted by atomic mass is 9.53. The van der Waals surface area contributed by atoms with Crippen LogP contribution in [0.25, 0.3) is 22.3 Å². The third kappa shape index (κ3) is 3.55. The van der Waals surface area contributed by atoms with Crippen molar-refractivity contribution in [3.63, 3.8) is 0 Å². The number of carbonyl (C=O) groups excluding carboxylic acids is 1. The molecule has 5 heterocycles. The molecule has 2 N–H and O–H groups in total. The number of fused-ring (bicyclic) bond motifs is 6. The van der Waals surface area contributed by atoms with Gasteiger partial charge in [-0.25, -0.2) is 4.98 Å². The predicted molar refractivity (Wildman–Crippen MR) is 163 cm³/mol. The number of nitrogens with zero attached hydrogens (tertiary/aromatic N) is 2. The van der Waals surface area contributed by atoms with E-state index in [9.17, 15) is 19.5 Å². The summed E-state index contributed by atoms with van der Waals surface area (Å²) in [7, 11) is 0. The van der Waals surface area contributed by atoms with E-state index in [1.807, 2.05) is 25.1 Å². The number of aliphatic carboxylic acids is 1. The number of ether oxygens (including phenoxy) is 2. The first-order valence-electron chi connectivity index (χ1n) is 15.3. The molecule has 3 atom stereocenters. The molecule has 5 aliphatic rings. The second-order valence-corrected chi connectivity index (χ2v) is 12.9. The Labute approximate surface area is 255 Å². The maximum atomic E-state index is 14.2. The van der Waals surface area contributed by atoms with Gasteiger partial charge in [-0.05, 0) is 87.2 Å². The highest BCUT2D eigenvalue weighted by atomic mass is 35.5. The molecular formula is C33H36ClN3O6. The van der Waals surface area contributed by atoms with Gasteiger partial charge in [0.15, 0.2) is 11.5 Å². The number of carboxylic acids is 1. The van der Waals surface area contributed by atoms with Gasteiger partial charge in [-0.2, -0.15) is 0 Å². The highest BCUT2D eigenvalue weighted by Crippen LogP contribution is 2.57. The number of carbonyl (C=O) groups is 2. The lowest BCUT2D eigenvalue weighted by molar-refractivity contribution is -0.162. The van der Waals surface area contributed by atoms with Crippen LogP contribution >= 0.6 is 12.4 Å². The number of carboxylic acid groups (broad SMARTS) is 1. The van der Waals surface area contributed by atoms with Crippen LogP contribution in [0.4, 0.5) is 0 Å². The monoisotopic (exact) mass is 605 g/mol. The average Bonchev–Trinajstić information content (AvgIpc) is 3.65. The minimum atomic E-state index is -1.37. The van der Waals surface area contributed by atoms with Crippen molar-refractivity contribution < 1.29 is 24.2 Å². The minimum absolute atomic E-state index is 0. The second kappa shape index (κ2) is 9.79. The first-order chi connectivity index (χ1) is 20.3. The zero-order valence-electron chi connectivity index (χ0n) is 24.5. The molecule has 0 spiro atoms. The van der Waals surface area contributed by atoms with Crippen molar-refractivity contribution in [3.8, 4) is 22.9 Å². The molecule has 0 radical (unpaired) electrons. The van der Waals surface area contributed by atoms with E-state index in [1.165, 1.54) is 12.0 Å². The molecule has 2 aromatic heterocycles. The van der Waals surface area contributed by atoms with E-state index < -0.39 is 16.8 Å². The van der Waals surface area contributed by atoms with Crippen LogP contribution < -0.4 is 20.3 Å². The van der Waals surface area contributed by atoms with E-state index in [0.29, 0.717) is 53.7 Å². The van der Waals surface area contributed by atoms with Gasteiger partial charge >= 0.3 is 5.97 Å². The smallest absolute Gasteiger partial charge is 0.311 e. The van der Waals surface area contributed by atoms with Gasteiger partial charge in [0.25, 0.3) is 5.56 Å². The van der Waals surface area contributed by atoms with Crippen LogP contribution in [0.3, 0.4) is 0 Å². The number of hydrogen-bond acceptors (Lipinski definition) is 7. The average molecular weight is 606 g/mol. The Hall–Kier alpha value is -3.43. The van der Waals surface area contributed by atoms with E-state index >= 15 is 0 Å². The molecule has 0 amide bonds. The Morgan fingerprint density at radius 2 is 1.91 bits per heavy atom. The molecule has 8 rings (SSSR count). The molecule has 0 bridgehead atoms. The summed E-state index contributed by atoms with van der Waals surface area (Å²) in [6.07, 6.45) is 5.20.